The van der Waals surface area contributed by atoms with Crippen LogP contribution < -0.4 is 5.73 Å². The topological polar surface area (TPSA) is 134 Å². The molecule has 256 valence electrons. The van der Waals surface area contributed by atoms with Gasteiger partial charge in [-0.05, 0) is 12.8 Å². The SMILES string of the molecule is CCCCCCCCCCCCCCCCCCC(=O)OC(COC(=O)CCCCCCCC)COP(=O)(O)OCCN. The summed E-state index contributed by atoms with van der Waals surface area (Å²) in [5, 5.41) is 0. The summed E-state index contributed by atoms with van der Waals surface area (Å²) >= 11 is 0. The van der Waals surface area contributed by atoms with Gasteiger partial charge in [-0.15, -0.1) is 0 Å². The van der Waals surface area contributed by atoms with Crippen molar-refractivity contribution in [1.29, 1.82) is 0 Å². The highest BCUT2D eigenvalue weighted by molar-refractivity contribution is 7.47. The molecule has 2 atom stereocenters. The first-order chi connectivity index (χ1) is 20.8. The minimum atomic E-state index is -4.35. The molecule has 0 heterocycles. The molecule has 0 saturated carbocycles. The van der Waals surface area contributed by atoms with Crippen molar-refractivity contribution in [2.75, 3.05) is 26.4 Å². The van der Waals surface area contributed by atoms with Crippen LogP contribution in [0, 0.1) is 0 Å². The van der Waals surface area contributed by atoms with Crippen molar-refractivity contribution in [3.05, 3.63) is 0 Å². The Morgan fingerprint density at radius 3 is 1.42 bits per heavy atom. The van der Waals surface area contributed by atoms with Crippen molar-refractivity contribution in [2.45, 2.75) is 174 Å². The minimum absolute atomic E-state index is 0.0572. The smallest absolute Gasteiger partial charge is 0.462 e. The average molecular weight is 636 g/mol. The van der Waals surface area contributed by atoms with Crippen molar-refractivity contribution in [3.63, 3.8) is 0 Å². The highest BCUT2D eigenvalue weighted by atomic mass is 31.2. The number of nitrogens with two attached hydrogens (primary N) is 1. The molecule has 0 aromatic heterocycles. The Morgan fingerprint density at radius 2 is 1.00 bits per heavy atom. The predicted molar refractivity (Wildman–Crippen MR) is 174 cm³/mol. The van der Waals surface area contributed by atoms with Crippen molar-refractivity contribution in [2.24, 2.45) is 5.73 Å². The van der Waals surface area contributed by atoms with Gasteiger partial charge in [-0.25, -0.2) is 4.57 Å². The zero-order chi connectivity index (χ0) is 31.9. The lowest BCUT2D eigenvalue weighted by molar-refractivity contribution is -0.161. The largest absolute Gasteiger partial charge is 0.472 e. The first-order valence-electron chi connectivity index (χ1n) is 17.5. The van der Waals surface area contributed by atoms with Crippen molar-refractivity contribution >= 4 is 19.8 Å². The number of ether oxygens (including phenoxy) is 2. The maximum absolute atomic E-state index is 12.4. The summed E-state index contributed by atoms with van der Waals surface area (Å²) in [7, 11) is -4.35. The molecular formula is C33H66NO8P. The summed E-state index contributed by atoms with van der Waals surface area (Å²) in [5.74, 6) is -0.831. The zero-order valence-electron chi connectivity index (χ0n) is 27.7. The summed E-state index contributed by atoms with van der Waals surface area (Å²) in [6.07, 6.45) is 25.9. The second kappa shape index (κ2) is 31.0. The van der Waals surface area contributed by atoms with Gasteiger partial charge in [0, 0.05) is 19.4 Å². The van der Waals surface area contributed by atoms with Gasteiger partial charge in [-0.3, -0.25) is 18.6 Å². The van der Waals surface area contributed by atoms with Gasteiger partial charge >= 0.3 is 19.8 Å². The van der Waals surface area contributed by atoms with Crippen LogP contribution in [0.4, 0.5) is 0 Å². The van der Waals surface area contributed by atoms with Gasteiger partial charge in [0.15, 0.2) is 6.10 Å². The fourth-order valence-corrected chi connectivity index (χ4v) is 5.63. The van der Waals surface area contributed by atoms with Crippen LogP contribution in [0.25, 0.3) is 0 Å². The van der Waals surface area contributed by atoms with E-state index >= 15 is 0 Å². The van der Waals surface area contributed by atoms with Crippen molar-refractivity contribution in [3.8, 4) is 0 Å². The van der Waals surface area contributed by atoms with E-state index in [1.165, 1.54) is 96.3 Å². The van der Waals surface area contributed by atoms with Crippen LogP contribution in [-0.2, 0) is 32.7 Å². The maximum Gasteiger partial charge on any atom is 0.472 e. The third kappa shape index (κ3) is 30.8. The lowest BCUT2D eigenvalue weighted by Gasteiger charge is -2.19. The minimum Gasteiger partial charge on any atom is -0.462 e. The van der Waals surface area contributed by atoms with Crippen LogP contribution in [0.1, 0.15) is 168 Å². The molecule has 0 aromatic rings. The second-order valence-corrected chi connectivity index (χ2v) is 13.2. The third-order valence-electron chi connectivity index (χ3n) is 7.49. The molecule has 0 aliphatic carbocycles. The van der Waals surface area contributed by atoms with Crippen LogP contribution in [0.2, 0.25) is 0 Å². The van der Waals surface area contributed by atoms with E-state index < -0.39 is 26.5 Å². The fraction of sp³-hybridized carbons (Fsp3) is 0.939. The maximum atomic E-state index is 12.4. The van der Waals surface area contributed by atoms with Crippen molar-refractivity contribution < 1.29 is 37.6 Å². The normalized spacial score (nSPS) is 13.5. The van der Waals surface area contributed by atoms with Gasteiger partial charge in [-0.2, -0.15) is 0 Å². The number of unbranched alkanes of at least 4 members (excludes halogenated alkanes) is 20. The van der Waals surface area contributed by atoms with E-state index in [1.54, 1.807) is 0 Å². The molecule has 0 aliphatic heterocycles. The quantitative estimate of drug-likeness (QED) is 0.0411. The molecule has 0 aromatic carbocycles. The van der Waals surface area contributed by atoms with E-state index in [1.807, 2.05) is 0 Å². The Morgan fingerprint density at radius 1 is 0.605 bits per heavy atom. The number of carbonyl (C=O) groups is 2. The standard InChI is InChI=1S/C33H66NO8P/c1-3-5-7-9-11-12-13-14-15-16-17-18-19-20-22-24-26-33(36)42-31(30-41-43(37,38)40-28-27-34)29-39-32(35)25-23-21-10-8-6-4-2/h31H,3-30,34H2,1-2H3,(H,37,38). The molecule has 10 heteroatoms. The van der Waals surface area contributed by atoms with Crippen LogP contribution >= 0.6 is 7.82 Å². The van der Waals surface area contributed by atoms with Crippen LogP contribution in [0.15, 0.2) is 0 Å². The van der Waals surface area contributed by atoms with E-state index in [0.29, 0.717) is 6.42 Å². The Labute approximate surface area is 263 Å². The van der Waals surface area contributed by atoms with Gasteiger partial charge in [-0.1, -0.05) is 142 Å². The molecule has 0 amide bonds. The number of esters is 2. The first-order valence-corrected chi connectivity index (χ1v) is 19.0. The lowest BCUT2D eigenvalue weighted by Crippen LogP contribution is -2.29. The van der Waals surface area contributed by atoms with Crippen LogP contribution in [-0.4, -0.2) is 49.3 Å². The fourth-order valence-electron chi connectivity index (χ4n) is 4.87. The molecule has 3 N–H and O–H groups in total. The summed E-state index contributed by atoms with van der Waals surface area (Å²) in [5.41, 5.74) is 5.31. The third-order valence-corrected chi connectivity index (χ3v) is 8.48. The lowest BCUT2D eigenvalue weighted by atomic mass is 10.0. The van der Waals surface area contributed by atoms with Crippen LogP contribution in [0.3, 0.4) is 0 Å². The molecule has 0 rings (SSSR count). The van der Waals surface area contributed by atoms with Crippen LogP contribution in [0.5, 0.6) is 0 Å². The second-order valence-electron chi connectivity index (χ2n) is 11.8. The molecular weight excluding hydrogens is 569 g/mol. The number of rotatable bonds is 33. The van der Waals surface area contributed by atoms with Crippen molar-refractivity contribution in [1.82, 2.24) is 0 Å². The summed E-state index contributed by atoms with van der Waals surface area (Å²) in [6.45, 7) is 3.66. The number of carbonyl (C=O) groups excluding carboxylic acids is 2. The number of phosphoric ester groups is 1. The molecule has 9 nitrogen and oxygen atoms in total. The Balaban J connectivity index is 4.13. The number of hydrogen-bond donors (Lipinski definition) is 2. The van der Waals surface area contributed by atoms with E-state index in [2.05, 4.69) is 13.8 Å². The van der Waals surface area contributed by atoms with Gasteiger partial charge in [0.05, 0.1) is 13.2 Å². The highest BCUT2D eigenvalue weighted by Crippen LogP contribution is 2.43. The Bertz CT molecular complexity index is 694. The summed E-state index contributed by atoms with van der Waals surface area (Å²) in [4.78, 5) is 34.4. The van der Waals surface area contributed by atoms with Gasteiger partial charge in [0.25, 0.3) is 0 Å². The average Bonchev–Trinajstić information content (AvgIpc) is 2.99. The molecule has 43 heavy (non-hydrogen) atoms. The highest BCUT2D eigenvalue weighted by Gasteiger charge is 2.25. The Kier molecular flexibility index (Phi) is 30.3. The predicted octanol–water partition coefficient (Wildman–Crippen LogP) is 8.94. The van der Waals surface area contributed by atoms with Gasteiger partial charge in [0.2, 0.25) is 0 Å². The number of hydrogen-bond acceptors (Lipinski definition) is 8. The van der Waals surface area contributed by atoms with Gasteiger partial charge < -0.3 is 20.1 Å². The molecule has 0 bridgehead atoms. The monoisotopic (exact) mass is 635 g/mol. The molecule has 0 saturated heterocycles. The molecule has 0 radical (unpaired) electrons. The van der Waals surface area contributed by atoms with E-state index in [0.717, 1.165) is 38.5 Å². The Hall–Kier alpha value is -0.990. The van der Waals surface area contributed by atoms with E-state index in [4.69, 9.17) is 24.3 Å². The first kappa shape index (κ1) is 42.0. The number of phosphoric acid groups is 1. The van der Waals surface area contributed by atoms with E-state index in [9.17, 15) is 19.0 Å². The molecule has 0 fully saturated rings. The zero-order valence-corrected chi connectivity index (χ0v) is 28.6. The van der Waals surface area contributed by atoms with E-state index in [-0.39, 0.29) is 38.6 Å². The molecule has 2 unspecified atom stereocenters. The summed E-state index contributed by atoms with van der Waals surface area (Å²) < 4.78 is 32.4. The molecule has 0 spiro atoms. The van der Waals surface area contributed by atoms with Gasteiger partial charge in [0.1, 0.15) is 6.61 Å². The molecule has 0 aliphatic rings. The summed E-state index contributed by atoms with van der Waals surface area (Å²) in [6, 6.07) is 0.